The van der Waals surface area contributed by atoms with Crippen LogP contribution in [0.4, 0.5) is 10.1 Å². The van der Waals surface area contributed by atoms with Gasteiger partial charge in [0.15, 0.2) is 0 Å². The van der Waals surface area contributed by atoms with Gasteiger partial charge in [0.1, 0.15) is 11.6 Å². The van der Waals surface area contributed by atoms with Crippen LogP contribution in [0, 0.1) is 19.7 Å². The smallest absolute Gasteiger partial charge is 0.262 e. The highest BCUT2D eigenvalue weighted by Crippen LogP contribution is 2.27. The van der Waals surface area contributed by atoms with Crippen molar-refractivity contribution in [1.82, 2.24) is 0 Å². The first-order chi connectivity index (χ1) is 9.29. The van der Waals surface area contributed by atoms with Crippen LogP contribution in [-0.4, -0.2) is 13.5 Å². The van der Waals surface area contributed by atoms with Gasteiger partial charge in [-0.05, 0) is 55.3 Å². The van der Waals surface area contributed by atoms with Gasteiger partial charge in [0.05, 0.1) is 10.6 Å². The number of hydrogen-bond acceptors (Lipinski definition) is 3. The van der Waals surface area contributed by atoms with E-state index >= 15 is 0 Å². The van der Waals surface area contributed by atoms with Crippen LogP contribution in [-0.2, 0) is 10.0 Å². The number of phenolic OH excluding ortho intramolecular Hbond substituents is 1. The largest absolute Gasteiger partial charge is 0.508 e. The molecule has 106 valence electrons. The zero-order valence-electron chi connectivity index (χ0n) is 11.0. The molecule has 0 aliphatic rings. The third kappa shape index (κ3) is 2.91. The van der Waals surface area contributed by atoms with Crippen LogP contribution in [0.15, 0.2) is 41.3 Å². The zero-order valence-corrected chi connectivity index (χ0v) is 11.8. The normalized spacial score (nSPS) is 11.3. The number of phenols is 1. The monoisotopic (exact) mass is 295 g/mol. The van der Waals surface area contributed by atoms with Gasteiger partial charge in [0.25, 0.3) is 10.0 Å². The topological polar surface area (TPSA) is 66.4 Å². The summed E-state index contributed by atoms with van der Waals surface area (Å²) in [5.41, 5.74) is 1.48. The first kappa shape index (κ1) is 14.3. The maximum Gasteiger partial charge on any atom is 0.262 e. The van der Waals surface area contributed by atoms with Crippen molar-refractivity contribution in [2.24, 2.45) is 0 Å². The molecule has 0 bridgehead atoms. The van der Waals surface area contributed by atoms with E-state index in [0.717, 1.165) is 6.07 Å². The minimum atomic E-state index is -3.86. The summed E-state index contributed by atoms with van der Waals surface area (Å²) in [4.78, 5) is -0.150. The number of sulfonamides is 1. The van der Waals surface area contributed by atoms with Crippen molar-refractivity contribution in [1.29, 1.82) is 0 Å². The average Bonchev–Trinajstić information content (AvgIpc) is 2.36. The SMILES string of the molecule is Cc1cc(NS(=O)(=O)c2cccc(F)c2)c(C)cc1O. The number of aryl methyl sites for hydroxylation is 2. The molecule has 2 aromatic carbocycles. The van der Waals surface area contributed by atoms with Gasteiger partial charge < -0.3 is 5.11 Å². The molecular formula is C14H14FNO3S. The molecule has 6 heteroatoms. The van der Waals surface area contributed by atoms with Crippen LogP contribution in [0.1, 0.15) is 11.1 Å². The minimum Gasteiger partial charge on any atom is -0.508 e. The molecular weight excluding hydrogens is 281 g/mol. The van der Waals surface area contributed by atoms with E-state index in [2.05, 4.69) is 4.72 Å². The van der Waals surface area contributed by atoms with E-state index in [0.29, 0.717) is 16.8 Å². The summed E-state index contributed by atoms with van der Waals surface area (Å²) in [6.07, 6.45) is 0. The van der Waals surface area contributed by atoms with Gasteiger partial charge in [-0.1, -0.05) is 6.07 Å². The Morgan fingerprint density at radius 1 is 1.10 bits per heavy atom. The van der Waals surface area contributed by atoms with Crippen LogP contribution < -0.4 is 4.72 Å². The summed E-state index contributed by atoms with van der Waals surface area (Å²) in [7, 11) is -3.86. The first-order valence-electron chi connectivity index (χ1n) is 5.88. The van der Waals surface area contributed by atoms with Crippen molar-refractivity contribution in [3.63, 3.8) is 0 Å². The molecule has 0 radical (unpaired) electrons. The second-order valence-electron chi connectivity index (χ2n) is 4.52. The van der Waals surface area contributed by atoms with E-state index in [1.165, 1.54) is 30.3 Å². The summed E-state index contributed by atoms with van der Waals surface area (Å²) in [6.45, 7) is 3.33. The van der Waals surface area contributed by atoms with Crippen molar-refractivity contribution >= 4 is 15.7 Å². The molecule has 0 spiro atoms. The number of hydrogen-bond donors (Lipinski definition) is 2. The fourth-order valence-corrected chi connectivity index (χ4v) is 2.90. The van der Waals surface area contributed by atoms with Crippen LogP contribution in [0.25, 0.3) is 0 Å². The van der Waals surface area contributed by atoms with Crippen molar-refractivity contribution in [3.8, 4) is 5.75 Å². The van der Waals surface area contributed by atoms with E-state index in [1.807, 2.05) is 0 Å². The van der Waals surface area contributed by atoms with Crippen molar-refractivity contribution in [3.05, 3.63) is 53.3 Å². The quantitative estimate of drug-likeness (QED) is 0.856. The third-order valence-electron chi connectivity index (χ3n) is 2.89. The number of aromatic hydroxyl groups is 1. The third-order valence-corrected chi connectivity index (χ3v) is 4.26. The predicted molar refractivity (Wildman–Crippen MR) is 74.8 cm³/mol. The van der Waals surface area contributed by atoms with Gasteiger partial charge in [0.2, 0.25) is 0 Å². The van der Waals surface area contributed by atoms with Gasteiger partial charge in [-0.25, -0.2) is 12.8 Å². The molecule has 0 saturated heterocycles. The van der Waals surface area contributed by atoms with Gasteiger partial charge in [0, 0.05) is 0 Å². The molecule has 0 aromatic heterocycles. The first-order valence-corrected chi connectivity index (χ1v) is 7.36. The molecule has 2 N–H and O–H groups in total. The van der Waals surface area contributed by atoms with Crippen molar-refractivity contribution in [2.75, 3.05) is 4.72 Å². The molecule has 0 fully saturated rings. The molecule has 0 saturated carbocycles. The summed E-state index contributed by atoms with van der Waals surface area (Å²) in [5, 5.41) is 9.55. The predicted octanol–water partition coefficient (Wildman–Crippen LogP) is 2.95. The second-order valence-corrected chi connectivity index (χ2v) is 6.20. The van der Waals surface area contributed by atoms with Crippen LogP contribution in [0.3, 0.4) is 0 Å². The summed E-state index contributed by atoms with van der Waals surface area (Å²) >= 11 is 0. The maximum absolute atomic E-state index is 13.1. The zero-order chi connectivity index (χ0) is 14.9. The molecule has 0 aliphatic carbocycles. The Kier molecular flexibility index (Phi) is 3.67. The molecule has 0 atom stereocenters. The molecule has 2 rings (SSSR count). The Balaban J connectivity index is 2.41. The van der Waals surface area contributed by atoms with Gasteiger partial charge >= 0.3 is 0 Å². The lowest BCUT2D eigenvalue weighted by molar-refractivity contribution is 0.471. The number of halogens is 1. The van der Waals surface area contributed by atoms with E-state index in [1.54, 1.807) is 13.8 Å². The van der Waals surface area contributed by atoms with Gasteiger partial charge in [-0.15, -0.1) is 0 Å². The Morgan fingerprint density at radius 2 is 1.80 bits per heavy atom. The summed E-state index contributed by atoms with van der Waals surface area (Å²) < 4.78 is 39.8. The van der Waals surface area contributed by atoms with Crippen LogP contribution >= 0.6 is 0 Å². The highest BCUT2D eigenvalue weighted by Gasteiger charge is 2.16. The standard InChI is InChI=1S/C14H14FNO3S/c1-9-7-14(17)10(2)6-13(9)16-20(18,19)12-5-3-4-11(15)8-12/h3-8,16-17H,1-2H3. The minimum absolute atomic E-state index is 0.0937. The summed E-state index contributed by atoms with van der Waals surface area (Å²) in [5.74, 6) is -0.525. The molecule has 20 heavy (non-hydrogen) atoms. The van der Waals surface area contributed by atoms with E-state index in [-0.39, 0.29) is 10.6 Å². The molecule has 0 aliphatic heterocycles. The van der Waals surface area contributed by atoms with Gasteiger partial charge in [-0.3, -0.25) is 4.72 Å². The van der Waals surface area contributed by atoms with E-state index in [4.69, 9.17) is 0 Å². The fourth-order valence-electron chi connectivity index (χ4n) is 1.75. The Hall–Kier alpha value is -2.08. The lowest BCUT2D eigenvalue weighted by Gasteiger charge is -2.12. The van der Waals surface area contributed by atoms with E-state index in [9.17, 15) is 17.9 Å². The molecule has 0 heterocycles. The van der Waals surface area contributed by atoms with Crippen LogP contribution in [0.5, 0.6) is 5.75 Å². The highest BCUT2D eigenvalue weighted by atomic mass is 32.2. The highest BCUT2D eigenvalue weighted by molar-refractivity contribution is 7.92. The lowest BCUT2D eigenvalue weighted by atomic mass is 10.1. The Bertz CT molecular complexity index is 757. The Labute approximate surface area is 116 Å². The molecule has 2 aromatic rings. The second kappa shape index (κ2) is 5.13. The van der Waals surface area contributed by atoms with Crippen molar-refractivity contribution in [2.45, 2.75) is 18.7 Å². The molecule has 4 nitrogen and oxygen atoms in total. The van der Waals surface area contributed by atoms with E-state index < -0.39 is 15.8 Å². The maximum atomic E-state index is 13.1. The van der Waals surface area contributed by atoms with Gasteiger partial charge in [-0.2, -0.15) is 0 Å². The Morgan fingerprint density at radius 3 is 2.45 bits per heavy atom. The number of nitrogens with one attached hydrogen (secondary N) is 1. The molecule has 0 unspecified atom stereocenters. The van der Waals surface area contributed by atoms with Crippen molar-refractivity contribution < 1.29 is 17.9 Å². The number of anilines is 1. The molecule has 0 amide bonds. The number of benzene rings is 2. The fraction of sp³-hybridized carbons (Fsp3) is 0.143. The average molecular weight is 295 g/mol. The summed E-state index contributed by atoms with van der Waals surface area (Å²) in [6, 6.07) is 7.77. The van der Waals surface area contributed by atoms with Crippen LogP contribution in [0.2, 0.25) is 0 Å². The number of rotatable bonds is 3. The lowest BCUT2D eigenvalue weighted by Crippen LogP contribution is -2.14.